The molecule has 11 heteroatoms. The molecule has 0 unspecified atom stereocenters. The summed E-state index contributed by atoms with van der Waals surface area (Å²) in [5, 5.41) is 25.8. The van der Waals surface area contributed by atoms with Crippen molar-refractivity contribution in [3.8, 4) is 17.2 Å². The number of benzene rings is 2. The Morgan fingerprint density at radius 2 is 1.97 bits per heavy atom. The van der Waals surface area contributed by atoms with Crippen molar-refractivity contribution < 1.29 is 24.3 Å². The summed E-state index contributed by atoms with van der Waals surface area (Å²) in [4.78, 5) is 23.4. The second-order valence-corrected chi connectivity index (χ2v) is 7.52. The number of aromatic hydroxyl groups is 1. The summed E-state index contributed by atoms with van der Waals surface area (Å²) in [7, 11) is 3.05. The molecule has 0 saturated carbocycles. The number of hydrogen-bond donors (Lipinski definition) is 1. The zero-order valence-corrected chi connectivity index (χ0v) is 17.4. The third-order valence-corrected chi connectivity index (χ3v) is 5.32. The molecule has 0 atom stereocenters. The van der Waals surface area contributed by atoms with Gasteiger partial charge in [0.2, 0.25) is 0 Å². The van der Waals surface area contributed by atoms with E-state index < -0.39 is 10.8 Å². The number of hydrazone groups is 1. The zero-order chi connectivity index (χ0) is 21.8. The quantitative estimate of drug-likeness (QED) is 0.236. The number of thiocarbonyl (C=S) groups is 1. The number of nitro groups is 1. The number of ether oxygens (including phenoxy) is 2. The average Bonchev–Trinajstić information content (AvgIpc) is 3.00. The lowest BCUT2D eigenvalue weighted by atomic mass is 10.1. The van der Waals surface area contributed by atoms with Crippen LogP contribution in [0.4, 0.5) is 5.69 Å². The summed E-state index contributed by atoms with van der Waals surface area (Å²) in [5.74, 6) is 0.444. The molecule has 1 saturated heterocycles. The predicted octanol–water partition coefficient (Wildman–Crippen LogP) is 3.55. The van der Waals surface area contributed by atoms with E-state index in [1.54, 1.807) is 24.3 Å². The molecular formula is C19H15N3O6S2. The first-order chi connectivity index (χ1) is 14.3. The Bertz CT molecular complexity index is 1100. The topological polar surface area (TPSA) is 115 Å². The van der Waals surface area contributed by atoms with E-state index >= 15 is 0 Å². The van der Waals surface area contributed by atoms with Gasteiger partial charge >= 0.3 is 0 Å². The van der Waals surface area contributed by atoms with Crippen molar-refractivity contribution in [3.63, 3.8) is 0 Å². The van der Waals surface area contributed by atoms with Crippen LogP contribution >= 0.6 is 24.0 Å². The lowest BCUT2D eigenvalue weighted by Gasteiger charge is -2.08. The molecule has 0 bridgehead atoms. The summed E-state index contributed by atoms with van der Waals surface area (Å²) in [6.45, 7) is 0. The van der Waals surface area contributed by atoms with Crippen LogP contribution in [0.3, 0.4) is 0 Å². The number of thioether (sulfide) groups is 1. The van der Waals surface area contributed by atoms with E-state index in [2.05, 4.69) is 5.10 Å². The molecule has 30 heavy (non-hydrogen) atoms. The Morgan fingerprint density at radius 1 is 1.20 bits per heavy atom. The number of carbonyl (C=O) groups excluding carboxylic acids is 1. The first-order valence-electron chi connectivity index (χ1n) is 8.35. The van der Waals surface area contributed by atoms with Gasteiger partial charge in [0, 0.05) is 29.3 Å². The maximum Gasteiger partial charge on any atom is 0.286 e. The van der Waals surface area contributed by atoms with Crippen molar-refractivity contribution in [2.24, 2.45) is 5.10 Å². The van der Waals surface area contributed by atoms with E-state index in [0.29, 0.717) is 22.0 Å². The van der Waals surface area contributed by atoms with Crippen molar-refractivity contribution in [3.05, 3.63) is 62.5 Å². The van der Waals surface area contributed by atoms with Gasteiger partial charge in [0.25, 0.3) is 11.6 Å². The van der Waals surface area contributed by atoms with Crippen molar-refractivity contribution in [1.82, 2.24) is 5.01 Å². The first kappa shape index (κ1) is 21.3. The number of nitro benzene ring substituents is 1. The summed E-state index contributed by atoms with van der Waals surface area (Å²) < 4.78 is 10.7. The average molecular weight is 445 g/mol. The maximum absolute atomic E-state index is 12.7. The molecule has 0 radical (unpaired) electrons. The number of phenolic OH excluding ortho intramolecular Hbond substituents is 1. The van der Waals surface area contributed by atoms with Crippen LogP contribution in [-0.4, -0.2) is 45.7 Å². The van der Waals surface area contributed by atoms with Crippen LogP contribution < -0.4 is 9.47 Å². The van der Waals surface area contributed by atoms with E-state index in [-0.39, 0.29) is 21.3 Å². The molecule has 2 aromatic rings. The molecule has 1 fully saturated rings. The summed E-state index contributed by atoms with van der Waals surface area (Å²) in [6, 6.07) is 8.66. The number of rotatable bonds is 6. The van der Waals surface area contributed by atoms with Gasteiger partial charge in [0.15, 0.2) is 4.32 Å². The molecule has 1 heterocycles. The van der Waals surface area contributed by atoms with Gasteiger partial charge in [-0.1, -0.05) is 11.8 Å². The van der Waals surface area contributed by atoms with Crippen molar-refractivity contribution in [2.45, 2.75) is 0 Å². The van der Waals surface area contributed by atoms with Gasteiger partial charge in [0.1, 0.15) is 17.2 Å². The minimum atomic E-state index is -0.596. The molecule has 0 spiro atoms. The van der Waals surface area contributed by atoms with Gasteiger partial charge in [-0.2, -0.15) is 10.1 Å². The number of phenols is 1. The van der Waals surface area contributed by atoms with Gasteiger partial charge in [0.05, 0.1) is 30.3 Å². The number of amides is 1. The number of hydrogen-bond acceptors (Lipinski definition) is 9. The lowest BCUT2D eigenvalue weighted by Crippen LogP contribution is -2.22. The second kappa shape index (κ2) is 8.93. The molecular weight excluding hydrogens is 430 g/mol. The van der Waals surface area contributed by atoms with Gasteiger partial charge in [-0.05, 0) is 36.5 Å². The summed E-state index contributed by atoms with van der Waals surface area (Å²) in [6.07, 6.45) is 2.77. The minimum absolute atomic E-state index is 0.0825. The normalized spacial score (nSPS) is 15.3. The molecule has 1 aliphatic heterocycles. The lowest BCUT2D eigenvalue weighted by molar-refractivity contribution is -0.384. The Morgan fingerprint density at radius 3 is 2.63 bits per heavy atom. The molecule has 1 amide bonds. The van der Waals surface area contributed by atoms with Gasteiger partial charge in [-0.15, -0.1) is 0 Å². The molecule has 1 N–H and O–H groups in total. The Kier molecular flexibility index (Phi) is 6.33. The first-order valence-corrected chi connectivity index (χ1v) is 9.58. The fraction of sp³-hybridized carbons (Fsp3) is 0.105. The van der Waals surface area contributed by atoms with Crippen molar-refractivity contribution in [2.75, 3.05) is 14.2 Å². The highest BCUT2D eigenvalue weighted by molar-refractivity contribution is 8.26. The summed E-state index contributed by atoms with van der Waals surface area (Å²) >= 11 is 6.27. The predicted molar refractivity (Wildman–Crippen MR) is 117 cm³/mol. The van der Waals surface area contributed by atoms with Gasteiger partial charge < -0.3 is 14.6 Å². The third kappa shape index (κ3) is 4.42. The van der Waals surface area contributed by atoms with E-state index in [0.717, 1.165) is 35.1 Å². The maximum atomic E-state index is 12.7. The Balaban J connectivity index is 1.87. The van der Waals surface area contributed by atoms with Crippen LogP contribution in [0, 0.1) is 10.1 Å². The van der Waals surface area contributed by atoms with Crippen molar-refractivity contribution >= 4 is 52.2 Å². The molecule has 154 valence electrons. The minimum Gasteiger partial charge on any atom is -0.507 e. The highest BCUT2D eigenvalue weighted by Crippen LogP contribution is 2.35. The Hall–Kier alpha value is -3.44. The van der Waals surface area contributed by atoms with E-state index in [9.17, 15) is 20.0 Å². The van der Waals surface area contributed by atoms with Crippen molar-refractivity contribution in [1.29, 1.82) is 0 Å². The van der Waals surface area contributed by atoms with Crippen LogP contribution in [0.2, 0.25) is 0 Å². The Labute approximate surface area is 180 Å². The highest BCUT2D eigenvalue weighted by atomic mass is 32.2. The van der Waals surface area contributed by atoms with Gasteiger partial charge in [-0.25, -0.2) is 0 Å². The molecule has 0 aromatic heterocycles. The van der Waals surface area contributed by atoms with Crippen LogP contribution in [-0.2, 0) is 4.79 Å². The van der Waals surface area contributed by atoms with Crippen LogP contribution in [0.5, 0.6) is 17.2 Å². The second-order valence-electron chi connectivity index (χ2n) is 5.85. The number of non-ortho nitro benzene ring substituents is 1. The molecule has 1 aliphatic rings. The molecule has 0 aliphatic carbocycles. The van der Waals surface area contributed by atoms with E-state index in [4.69, 9.17) is 21.7 Å². The monoisotopic (exact) mass is 445 g/mol. The van der Waals surface area contributed by atoms with Crippen LogP contribution in [0.1, 0.15) is 11.1 Å². The smallest absolute Gasteiger partial charge is 0.286 e. The molecule has 2 aromatic carbocycles. The molecule has 9 nitrogen and oxygen atoms in total. The number of carbonyl (C=O) groups is 1. The summed E-state index contributed by atoms with van der Waals surface area (Å²) in [5.41, 5.74) is 0.518. The SMILES string of the molecule is COc1ccc(/C=C2\SC(=S)N(/N=C/c3cc([N+](=O)[O-])ccc3O)C2=O)c(OC)c1. The largest absolute Gasteiger partial charge is 0.507 e. The fourth-order valence-corrected chi connectivity index (χ4v) is 3.68. The zero-order valence-electron chi connectivity index (χ0n) is 15.8. The number of methoxy groups -OCH3 is 2. The van der Waals surface area contributed by atoms with Crippen LogP contribution in [0.25, 0.3) is 6.08 Å². The van der Waals surface area contributed by atoms with E-state index in [1.165, 1.54) is 20.3 Å². The third-order valence-electron chi connectivity index (χ3n) is 4.03. The standard InChI is InChI=1S/C19H15N3O6S2/c1-27-14-5-3-11(16(9-14)28-2)8-17-18(24)21(19(29)30-17)20-10-12-7-13(22(25)26)4-6-15(12)23/h3-10,23H,1-2H3/b17-8-,20-10+. The molecule has 3 rings (SSSR count). The van der Waals surface area contributed by atoms with Crippen LogP contribution in [0.15, 0.2) is 46.4 Å². The highest BCUT2D eigenvalue weighted by Gasteiger charge is 2.32. The van der Waals surface area contributed by atoms with E-state index in [1.807, 2.05) is 0 Å². The fourth-order valence-electron chi connectivity index (χ4n) is 2.52. The van der Waals surface area contributed by atoms with Gasteiger partial charge in [-0.3, -0.25) is 14.9 Å². The number of nitrogens with zero attached hydrogens (tertiary/aromatic N) is 3.